The summed E-state index contributed by atoms with van der Waals surface area (Å²) < 4.78 is 17.3. The molecule has 3 aliphatic heterocycles. The normalized spacial score (nSPS) is 26.9. The van der Waals surface area contributed by atoms with Crippen LogP contribution >= 0.6 is 0 Å². The maximum absolute atomic E-state index is 11.3. The van der Waals surface area contributed by atoms with Gasteiger partial charge in [0, 0.05) is 26.2 Å². The molecule has 1 aromatic rings. The predicted molar refractivity (Wildman–Crippen MR) is 89.7 cm³/mol. The molecule has 0 bridgehead atoms. The molecule has 0 aliphatic carbocycles. The molecule has 1 amide bonds. The molecule has 2 N–H and O–H groups in total. The Morgan fingerprint density at radius 3 is 2.76 bits per heavy atom. The first-order chi connectivity index (χ1) is 12.1. The van der Waals surface area contributed by atoms with Crippen molar-refractivity contribution in [2.75, 3.05) is 39.4 Å². The molecule has 0 aromatic heterocycles. The minimum atomic E-state index is -0.616. The van der Waals surface area contributed by atoms with Gasteiger partial charge in [0.15, 0.2) is 17.6 Å². The van der Waals surface area contributed by atoms with Crippen LogP contribution < -0.4 is 14.8 Å². The maximum Gasteiger partial charge on any atom is 0.246 e. The van der Waals surface area contributed by atoms with Crippen LogP contribution in [0.25, 0.3) is 0 Å². The third-order valence-electron chi connectivity index (χ3n) is 5.29. The van der Waals surface area contributed by atoms with Gasteiger partial charge in [-0.15, -0.1) is 0 Å². The summed E-state index contributed by atoms with van der Waals surface area (Å²) in [6.45, 7) is 3.28. The van der Waals surface area contributed by atoms with E-state index in [1.807, 2.05) is 24.3 Å². The monoisotopic (exact) mass is 348 g/mol. The number of ether oxygens (including phenoxy) is 3. The standard InChI is InChI=1S/C18H24N2O5/c21-13(16-10-23-14-3-1-2-4-15(14)25-16)9-20-7-5-18(6-8-20)12-19-17(22)11-24-18/h1-4,13,16,21H,5-12H2,(H,19,22). The minimum absolute atomic E-state index is 0.0433. The number of carbonyl (C=O) groups excluding carboxylic acids is 1. The first kappa shape index (κ1) is 16.6. The van der Waals surface area contributed by atoms with Gasteiger partial charge in [0.25, 0.3) is 0 Å². The van der Waals surface area contributed by atoms with Crippen molar-refractivity contribution in [3.05, 3.63) is 24.3 Å². The molecule has 7 heteroatoms. The van der Waals surface area contributed by atoms with Gasteiger partial charge < -0.3 is 29.5 Å². The van der Waals surface area contributed by atoms with Crippen LogP contribution in [0.2, 0.25) is 0 Å². The van der Waals surface area contributed by atoms with Gasteiger partial charge in [-0.3, -0.25) is 4.79 Å². The van der Waals surface area contributed by atoms with Crippen molar-refractivity contribution in [3.63, 3.8) is 0 Å². The molecule has 136 valence electrons. The molecule has 1 aromatic carbocycles. The maximum atomic E-state index is 11.3. The number of nitrogens with one attached hydrogen (secondary N) is 1. The Bertz CT molecular complexity index is 618. The van der Waals surface area contributed by atoms with Gasteiger partial charge in [0.05, 0.1) is 5.60 Å². The SMILES string of the molecule is O=C1COC2(CCN(CC(O)C3COc4ccccc4O3)CC2)CN1. The number of hydrogen-bond acceptors (Lipinski definition) is 6. The molecule has 25 heavy (non-hydrogen) atoms. The van der Waals surface area contributed by atoms with Gasteiger partial charge in [-0.1, -0.05) is 12.1 Å². The molecule has 7 nitrogen and oxygen atoms in total. The van der Waals surface area contributed by atoms with E-state index in [0.29, 0.717) is 25.4 Å². The molecular formula is C18H24N2O5. The highest BCUT2D eigenvalue weighted by Gasteiger charge is 2.40. The molecule has 2 fully saturated rings. The molecule has 3 aliphatic rings. The zero-order valence-electron chi connectivity index (χ0n) is 14.1. The van der Waals surface area contributed by atoms with E-state index in [2.05, 4.69) is 10.2 Å². The summed E-state index contributed by atoms with van der Waals surface area (Å²) >= 11 is 0. The number of aliphatic hydroxyl groups excluding tert-OH is 1. The van der Waals surface area contributed by atoms with Crippen LogP contribution in [-0.4, -0.2) is 73.1 Å². The molecule has 3 heterocycles. The third-order valence-corrected chi connectivity index (χ3v) is 5.29. The lowest BCUT2D eigenvalue weighted by molar-refractivity contribution is -0.151. The summed E-state index contributed by atoms with van der Waals surface area (Å²) in [6.07, 6.45) is 0.723. The number of piperidine rings is 1. The number of nitrogens with zero attached hydrogens (tertiary/aromatic N) is 1. The molecule has 0 saturated carbocycles. The van der Waals surface area contributed by atoms with Crippen LogP contribution in [0.15, 0.2) is 24.3 Å². The Labute approximate surface area is 146 Å². The van der Waals surface area contributed by atoms with Crippen LogP contribution in [0, 0.1) is 0 Å². The van der Waals surface area contributed by atoms with Crippen molar-refractivity contribution < 1.29 is 24.1 Å². The first-order valence-electron chi connectivity index (χ1n) is 8.83. The molecule has 4 rings (SSSR count). The van der Waals surface area contributed by atoms with Gasteiger partial charge in [0.2, 0.25) is 5.91 Å². The summed E-state index contributed by atoms with van der Waals surface area (Å²) in [5, 5.41) is 13.4. The zero-order valence-corrected chi connectivity index (χ0v) is 14.1. The largest absolute Gasteiger partial charge is 0.486 e. The van der Waals surface area contributed by atoms with Crippen LogP contribution in [0.5, 0.6) is 11.5 Å². The van der Waals surface area contributed by atoms with E-state index < -0.39 is 6.10 Å². The molecule has 2 saturated heterocycles. The van der Waals surface area contributed by atoms with E-state index in [1.54, 1.807) is 0 Å². The fraction of sp³-hybridized carbons (Fsp3) is 0.611. The van der Waals surface area contributed by atoms with E-state index in [4.69, 9.17) is 14.2 Å². The number of β-amino-alcohol motifs (C(OH)–C–C–N with tert-alkyl or cyclic N) is 1. The van der Waals surface area contributed by atoms with Crippen molar-refractivity contribution in [2.24, 2.45) is 0 Å². The number of amides is 1. The van der Waals surface area contributed by atoms with Gasteiger partial charge in [-0.05, 0) is 25.0 Å². The lowest BCUT2D eigenvalue weighted by atomic mass is 9.89. The van der Waals surface area contributed by atoms with Crippen molar-refractivity contribution >= 4 is 5.91 Å². The minimum Gasteiger partial charge on any atom is -0.486 e. The second kappa shape index (κ2) is 6.82. The fourth-order valence-electron chi connectivity index (χ4n) is 3.65. The Balaban J connectivity index is 1.28. The van der Waals surface area contributed by atoms with Crippen LogP contribution in [-0.2, 0) is 9.53 Å². The fourth-order valence-corrected chi connectivity index (χ4v) is 3.65. The highest BCUT2D eigenvalue weighted by atomic mass is 16.6. The van der Waals surface area contributed by atoms with Crippen LogP contribution in [0.3, 0.4) is 0 Å². The summed E-state index contributed by atoms with van der Waals surface area (Å²) in [4.78, 5) is 13.5. The van der Waals surface area contributed by atoms with Gasteiger partial charge in [-0.2, -0.15) is 0 Å². The summed E-state index contributed by atoms with van der Waals surface area (Å²) in [5.41, 5.74) is -0.237. The van der Waals surface area contributed by atoms with Crippen LogP contribution in [0.4, 0.5) is 0 Å². The lowest BCUT2D eigenvalue weighted by Gasteiger charge is -2.44. The first-order valence-corrected chi connectivity index (χ1v) is 8.83. The number of morpholine rings is 1. The molecular weight excluding hydrogens is 324 g/mol. The number of rotatable bonds is 3. The number of para-hydroxylation sites is 2. The number of carbonyl (C=O) groups is 1. The van der Waals surface area contributed by atoms with Crippen molar-refractivity contribution in [1.82, 2.24) is 10.2 Å². The molecule has 0 radical (unpaired) electrons. The summed E-state index contributed by atoms with van der Waals surface area (Å²) in [5.74, 6) is 1.36. The summed E-state index contributed by atoms with van der Waals surface area (Å²) in [7, 11) is 0. The third kappa shape index (κ3) is 3.58. The van der Waals surface area contributed by atoms with E-state index in [1.165, 1.54) is 0 Å². The van der Waals surface area contributed by atoms with Crippen LogP contribution in [0.1, 0.15) is 12.8 Å². The topological polar surface area (TPSA) is 80.3 Å². The highest BCUT2D eigenvalue weighted by Crippen LogP contribution is 2.32. The van der Waals surface area contributed by atoms with E-state index >= 15 is 0 Å². The second-order valence-corrected chi connectivity index (χ2v) is 7.03. The highest BCUT2D eigenvalue weighted by molar-refractivity contribution is 5.78. The van der Waals surface area contributed by atoms with Gasteiger partial charge in [-0.25, -0.2) is 0 Å². The number of hydrogen-bond donors (Lipinski definition) is 2. The number of aliphatic hydroxyl groups is 1. The van der Waals surface area contributed by atoms with E-state index in [-0.39, 0.29) is 24.2 Å². The molecule has 2 atom stereocenters. The molecule has 2 unspecified atom stereocenters. The number of fused-ring (bicyclic) bond motifs is 1. The predicted octanol–water partition coefficient (Wildman–Crippen LogP) is 0.168. The second-order valence-electron chi connectivity index (χ2n) is 7.03. The Morgan fingerprint density at radius 2 is 2.04 bits per heavy atom. The zero-order chi connectivity index (χ0) is 17.3. The number of benzene rings is 1. The van der Waals surface area contributed by atoms with Gasteiger partial charge >= 0.3 is 0 Å². The molecule has 1 spiro atoms. The lowest BCUT2D eigenvalue weighted by Crippen LogP contribution is -2.58. The Morgan fingerprint density at radius 1 is 1.28 bits per heavy atom. The quantitative estimate of drug-likeness (QED) is 0.811. The summed E-state index contributed by atoms with van der Waals surface area (Å²) in [6, 6.07) is 7.51. The van der Waals surface area contributed by atoms with Crippen molar-refractivity contribution in [2.45, 2.75) is 30.7 Å². The van der Waals surface area contributed by atoms with Gasteiger partial charge in [0.1, 0.15) is 19.3 Å². The number of likely N-dealkylation sites (tertiary alicyclic amines) is 1. The average Bonchev–Trinajstić information content (AvgIpc) is 2.66. The van der Waals surface area contributed by atoms with Crippen molar-refractivity contribution in [1.29, 1.82) is 0 Å². The van der Waals surface area contributed by atoms with Crippen molar-refractivity contribution in [3.8, 4) is 11.5 Å². The Kier molecular flexibility index (Phi) is 4.54. The van der Waals surface area contributed by atoms with E-state index in [0.717, 1.165) is 31.7 Å². The average molecular weight is 348 g/mol. The Hall–Kier alpha value is -1.83. The smallest absolute Gasteiger partial charge is 0.246 e. The van der Waals surface area contributed by atoms with E-state index in [9.17, 15) is 9.90 Å².